The Morgan fingerprint density at radius 2 is 2.00 bits per heavy atom. The Kier molecular flexibility index (Phi) is 2.69. The van der Waals surface area contributed by atoms with E-state index in [1.54, 1.807) is 6.07 Å². The van der Waals surface area contributed by atoms with Crippen LogP contribution in [0, 0.1) is 0 Å². The van der Waals surface area contributed by atoms with Gasteiger partial charge in [0.2, 0.25) is 0 Å². The topological polar surface area (TPSA) is 58.9 Å². The first-order valence-electron chi connectivity index (χ1n) is 5.41. The maximum absolute atomic E-state index is 11.6. The van der Waals surface area contributed by atoms with E-state index >= 15 is 0 Å². The van der Waals surface area contributed by atoms with Crippen LogP contribution in [0.25, 0.3) is 10.9 Å². The fraction of sp³-hybridized carbons (Fsp3) is 0. The molecule has 5 heteroatoms. The fourth-order valence-electron chi connectivity index (χ4n) is 2.08. The molecule has 0 fully saturated rings. The lowest BCUT2D eigenvalue weighted by Gasteiger charge is -2.10. The minimum atomic E-state index is -0.620. The van der Waals surface area contributed by atoms with E-state index in [1.165, 1.54) is 0 Å². The number of primary amides is 1. The van der Waals surface area contributed by atoms with E-state index < -0.39 is 16.8 Å². The third-order valence-electron chi connectivity index (χ3n) is 2.84. The average molecular weight is 279 g/mol. The molecule has 3 N–H and O–H groups in total. The van der Waals surface area contributed by atoms with Gasteiger partial charge in [0.05, 0.1) is 0 Å². The number of H-pyrrole nitrogens is 1. The van der Waals surface area contributed by atoms with Gasteiger partial charge in [-0.25, -0.2) is 0 Å². The summed E-state index contributed by atoms with van der Waals surface area (Å²) in [5.41, 5.74) is 6.81. The van der Waals surface area contributed by atoms with E-state index in [-0.39, 0.29) is 0 Å². The van der Waals surface area contributed by atoms with Gasteiger partial charge in [0, 0.05) is 20.8 Å². The van der Waals surface area contributed by atoms with Crippen molar-refractivity contribution in [2.24, 2.45) is 5.73 Å². The number of carbonyl (C=O) groups is 1. The zero-order valence-electron chi connectivity index (χ0n) is 9.35. The average Bonchev–Trinajstić information content (AvgIpc) is 2.93. The molecule has 2 aromatic rings. The summed E-state index contributed by atoms with van der Waals surface area (Å²) in [6.07, 6.45) is 3.97. The van der Waals surface area contributed by atoms with Crippen molar-refractivity contribution >= 4 is 39.3 Å². The molecule has 0 saturated carbocycles. The van der Waals surface area contributed by atoms with Gasteiger partial charge >= 0.3 is 0 Å². The molecule has 1 aromatic heterocycles. The standard InChI is InChI=1S/C13H11ClN2OS/c14-8-3-4-10-9(7-8)12(11(16-10)13(15)17)18-5-1-2-6-18/h1-7,16,18H,(H2,15,17). The Hall–Kier alpha value is -1.65. The summed E-state index contributed by atoms with van der Waals surface area (Å²) in [5, 5.41) is 5.80. The van der Waals surface area contributed by atoms with Gasteiger partial charge in [-0.1, -0.05) is 23.8 Å². The van der Waals surface area contributed by atoms with Crippen molar-refractivity contribution in [2.45, 2.75) is 4.90 Å². The third-order valence-corrected chi connectivity index (χ3v) is 5.04. The molecule has 0 bridgehead atoms. The summed E-state index contributed by atoms with van der Waals surface area (Å²) in [4.78, 5) is 15.6. The summed E-state index contributed by atoms with van der Waals surface area (Å²) in [7, 11) is -0.620. The van der Waals surface area contributed by atoms with Gasteiger partial charge in [-0.05, 0) is 29.0 Å². The van der Waals surface area contributed by atoms with Crippen LogP contribution >= 0.6 is 22.5 Å². The molecule has 0 radical (unpaired) electrons. The number of nitrogens with two attached hydrogens (primary N) is 1. The van der Waals surface area contributed by atoms with E-state index in [4.69, 9.17) is 17.3 Å². The van der Waals surface area contributed by atoms with Crippen LogP contribution in [0.2, 0.25) is 5.02 Å². The largest absolute Gasteiger partial charge is 0.364 e. The summed E-state index contributed by atoms with van der Waals surface area (Å²) >= 11 is 6.03. The molecule has 0 unspecified atom stereocenters. The lowest BCUT2D eigenvalue weighted by Crippen LogP contribution is -2.12. The lowest BCUT2D eigenvalue weighted by atomic mass is 10.2. The highest BCUT2D eigenvalue weighted by molar-refractivity contribution is 8.22. The molecular formula is C13H11ClN2OS. The van der Waals surface area contributed by atoms with Crippen molar-refractivity contribution in [1.82, 2.24) is 4.98 Å². The van der Waals surface area contributed by atoms with E-state index in [2.05, 4.69) is 15.8 Å². The van der Waals surface area contributed by atoms with Crippen LogP contribution in [0.3, 0.4) is 0 Å². The number of aromatic nitrogens is 1. The molecule has 0 spiro atoms. The number of hydrogen-bond acceptors (Lipinski definition) is 1. The first-order chi connectivity index (χ1) is 8.66. The van der Waals surface area contributed by atoms with Crippen LogP contribution in [0.5, 0.6) is 0 Å². The van der Waals surface area contributed by atoms with Gasteiger partial charge in [0.15, 0.2) is 0 Å². The van der Waals surface area contributed by atoms with Crippen molar-refractivity contribution < 1.29 is 4.79 Å². The Bertz CT molecular complexity index is 690. The monoisotopic (exact) mass is 278 g/mol. The van der Waals surface area contributed by atoms with Crippen molar-refractivity contribution in [3.05, 3.63) is 51.9 Å². The number of halogens is 1. The molecule has 3 nitrogen and oxygen atoms in total. The quantitative estimate of drug-likeness (QED) is 0.725. The third kappa shape index (κ3) is 1.74. The van der Waals surface area contributed by atoms with Crippen LogP contribution in [0.1, 0.15) is 10.5 Å². The summed E-state index contributed by atoms with van der Waals surface area (Å²) < 4.78 is 0. The van der Waals surface area contributed by atoms with Gasteiger partial charge in [0.1, 0.15) is 5.69 Å². The number of rotatable bonds is 2. The maximum atomic E-state index is 11.6. The van der Waals surface area contributed by atoms with Crippen molar-refractivity contribution in [3.8, 4) is 0 Å². The van der Waals surface area contributed by atoms with E-state index in [0.29, 0.717) is 10.7 Å². The molecule has 0 aliphatic carbocycles. The van der Waals surface area contributed by atoms with Crippen LogP contribution in [-0.4, -0.2) is 10.9 Å². The van der Waals surface area contributed by atoms with Crippen LogP contribution in [0.15, 0.2) is 46.1 Å². The molecule has 18 heavy (non-hydrogen) atoms. The number of allylic oxidation sites excluding steroid dienone is 2. The van der Waals surface area contributed by atoms with Crippen molar-refractivity contribution in [3.63, 3.8) is 0 Å². The summed E-state index contributed by atoms with van der Waals surface area (Å²) in [6, 6.07) is 5.53. The highest BCUT2D eigenvalue weighted by atomic mass is 35.5. The number of thiol groups is 1. The van der Waals surface area contributed by atoms with Gasteiger partial charge in [-0.3, -0.25) is 4.79 Å². The maximum Gasteiger partial charge on any atom is 0.266 e. The summed E-state index contributed by atoms with van der Waals surface area (Å²) in [5.74, 6) is -0.437. The Labute approximate surface area is 112 Å². The van der Waals surface area contributed by atoms with Crippen LogP contribution < -0.4 is 5.73 Å². The van der Waals surface area contributed by atoms with E-state index in [0.717, 1.165) is 15.8 Å². The molecule has 0 atom stereocenters. The number of carbonyl (C=O) groups excluding carboxylic acids is 1. The van der Waals surface area contributed by atoms with Gasteiger partial charge in [0.25, 0.3) is 5.91 Å². The molecule has 0 saturated heterocycles. The number of nitrogens with one attached hydrogen (secondary N) is 1. The Morgan fingerprint density at radius 3 is 2.67 bits per heavy atom. The van der Waals surface area contributed by atoms with E-state index in [1.807, 2.05) is 24.3 Å². The minimum Gasteiger partial charge on any atom is -0.364 e. The SMILES string of the molecule is NC(=O)c1[nH]c2ccc(Cl)cc2c1[SH]1C=CC=C1. The Balaban J connectivity index is 2.33. The fourth-order valence-corrected chi connectivity index (χ4v) is 4.11. The molecule has 1 aliphatic rings. The van der Waals surface area contributed by atoms with Crippen LogP contribution in [-0.2, 0) is 0 Å². The molecule has 3 rings (SSSR count). The van der Waals surface area contributed by atoms with Gasteiger partial charge in [-0.15, -0.1) is 0 Å². The molecule has 2 heterocycles. The number of fused-ring (bicyclic) bond motifs is 1. The van der Waals surface area contributed by atoms with Crippen molar-refractivity contribution in [1.29, 1.82) is 0 Å². The predicted molar refractivity (Wildman–Crippen MR) is 77.4 cm³/mol. The molecular weight excluding hydrogens is 268 g/mol. The van der Waals surface area contributed by atoms with Crippen molar-refractivity contribution in [2.75, 3.05) is 0 Å². The number of aromatic amines is 1. The first-order valence-corrected chi connectivity index (χ1v) is 7.27. The number of benzene rings is 1. The number of amides is 1. The second-order valence-electron chi connectivity index (χ2n) is 3.99. The molecule has 1 amide bonds. The number of hydrogen-bond donors (Lipinski definition) is 3. The van der Waals surface area contributed by atoms with Gasteiger partial charge < -0.3 is 10.7 Å². The van der Waals surface area contributed by atoms with E-state index in [9.17, 15) is 4.79 Å². The first kappa shape index (κ1) is 11.4. The lowest BCUT2D eigenvalue weighted by molar-refractivity contribution is 0.0993. The highest BCUT2D eigenvalue weighted by Crippen LogP contribution is 2.47. The minimum absolute atomic E-state index is 0.437. The predicted octanol–water partition coefficient (Wildman–Crippen LogP) is 3.32. The highest BCUT2D eigenvalue weighted by Gasteiger charge is 2.19. The normalized spacial score (nSPS) is 15.7. The smallest absolute Gasteiger partial charge is 0.266 e. The second-order valence-corrected chi connectivity index (χ2v) is 6.29. The van der Waals surface area contributed by atoms with Gasteiger partial charge in [-0.2, -0.15) is 10.9 Å². The van der Waals surface area contributed by atoms with Crippen LogP contribution in [0.4, 0.5) is 0 Å². The molecule has 1 aliphatic heterocycles. The zero-order valence-corrected chi connectivity index (χ0v) is 11.0. The Morgan fingerprint density at radius 1 is 1.28 bits per heavy atom. The second kappa shape index (κ2) is 4.23. The zero-order chi connectivity index (χ0) is 12.7. The molecule has 92 valence electrons. The molecule has 1 aromatic carbocycles. The summed E-state index contributed by atoms with van der Waals surface area (Å²) in [6.45, 7) is 0.